The molecule has 20 heavy (non-hydrogen) atoms. The molecular formula is C16H11BrO3. The molecule has 0 radical (unpaired) electrons. The highest BCUT2D eigenvalue weighted by molar-refractivity contribution is 9.10. The van der Waals surface area contributed by atoms with Gasteiger partial charge in [0.15, 0.2) is 6.29 Å². The Hall–Kier alpha value is -2.25. The van der Waals surface area contributed by atoms with E-state index in [1.807, 2.05) is 0 Å². The van der Waals surface area contributed by atoms with Gasteiger partial charge in [-0.25, -0.2) is 0 Å². The van der Waals surface area contributed by atoms with Crippen LogP contribution >= 0.6 is 15.9 Å². The number of benzene rings is 2. The molecule has 2 aromatic rings. The van der Waals surface area contributed by atoms with Crippen LogP contribution in [-0.2, 0) is 0 Å². The maximum Gasteiger partial charge on any atom is 0.153 e. The predicted octanol–water partition coefficient (Wildman–Crippen LogP) is 3.40. The Morgan fingerprint density at radius 1 is 1.25 bits per heavy atom. The Balaban J connectivity index is 2.02. The largest absolute Gasteiger partial charge is 0.508 e. The van der Waals surface area contributed by atoms with Gasteiger partial charge in [0.25, 0.3) is 0 Å². The summed E-state index contributed by atoms with van der Waals surface area (Å²) in [6.07, 6.45) is 0.739. The van der Waals surface area contributed by atoms with Crippen molar-refractivity contribution in [3.8, 4) is 23.3 Å². The second-order valence-corrected chi connectivity index (χ2v) is 4.86. The second kappa shape index (κ2) is 6.78. The number of carbonyl (C=O) groups is 1. The number of hydrogen-bond acceptors (Lipinski definition) is 3. The lowest BCUT2D eigenvalue weighted by Crippen LogP contribution is -1.97. The van der Waals surface area contributed by atoms with Crippen molar-refractivity contribution in [1.29, 1.82) is 0 Å². The number of rotatable bonds is 3. The molecular weight excluding hydrogens is 320 g/mol. The first kappa shape index (κ1) is 14.2. The number of carbonyl (C=O) groups excluding carboxylic acids is 1. The fraction of sp³-hybridized carbons (Fsp3) is 0.0625. The van der Waals surface area contributed by atoms with Crippen molar-refractivity contribution >= 4 is 22.2 Å². The molecule has 1 N–H and O–H groups in total. The number of phenols is 1. The van der Waals surface area contributed by atoms with Crippen molar-refractivity contribution in [1.82, 2.24) is 0 Å². The zero-order chi connectivity index (χ0) is 14.4. The first-order chi connectivity index (χ1) is 9.69. The third-order valence-electron chi connectivity index (χ3n) is 2.48. The number of aldehydes is 1. The summed E-state index contributed by atoms with van der Waals surface area (Å²) in [6, 6.07) is 11.9. The smallest absolute Gasteiger partial charge is 0.153 e. The van der Waals surface area contributed by atoms with E-state index < -0.39 is 0 Å². The van der Waals surface area contributed by atoms with Crippen LogP contribution < -0.4 is 4.74 Å². The minimum Gasteiger partial charge on any atom is -0.508 e. The Labute approximate surface area is 125 Å². The monoisotopic (exact) mass is 330 g/mol. The number of aromatic hydroxyl groups is 1. The van der Waals surface area contributed by atoms with E-state index in [1.165, 1.54) is 0 Å². The molecule has 4 heteroatoms. The molecule has 0 heterocycles. The van der Waals surface area contributed by atoms with Crippen LogP contribution in [0.1, 0.15) is 15.9 Å². The molecule has 0 aliphatic heterocycles. The van der Waals surface area contributed by atoms with Gasteiger partial charge in [-0.2, -0.15) is 0 Å². The van der Waals surface area contributed by atoms with Gasteiger partial charge in [0, 0.05) is 10.0 Å². The average molecular weight is 331 g/mol. The van der Waals surface area contributed by atoms with E-state index in [0.29, 0.717) is 16.9 Å². The molecule has 0 aromatic heterocycles. The van der Waals surface area contributed by atoms with Crippen LogP contribution in [0.25, 0.3) is 0 Å². The van der Waals surface area contributed by atoms with Gasteiger partial charge in [0.2, 0.25) is 0 Å². The minimum absolute atomic E-state index is 0.165. The van der Waals surface area contributed by atoms with Gasteiger partial charge in [-0.05, 0) is 36.4 Å². The van der Waals surface area contributed by atoms with Crippen molar-refractivity contribution < 1.29 is 14.6 Å². The van der Waals surface area contributed by atoms with Gasteiger partial charge >= 0.3 is 0 Å². The highest BCUT2D eigenvalue weighted by atomic mass is 79.9. The average Bonchev–Trinajstić information content (AvgIpc) is 2.45. The van der Waals surface area contributed by atoms with Crippen LogP contribution in [0.2, 0.25) is 0 Å². The summed E-state index contributed by atoms with van der Waals surface area (Å²) >= 11 is 3.29. The second-order valence-electron chi connectivity index (χ2n) is 3.94. The lowest BCUT2D eigenvalue weighted by Gasteiger charge is -2.05. The van der Waals surface area contributed by atoms with E-state index in [4.69, 9.17) is 4.74 Å². The van der Waals surface area contributed by atoms with Crippen LogP contribution in [0, 0.1) is 11.8 Å². The molecule has 0 aliphatic rings. The predicted molar refractivity (Wildman–Crippen MR) is 80.0 cm³/mol. The van der Waals surface area contributed by atoms with Crippen molar-refractivity contribution in [2.24, 2.45) is 0 Å². The van der Waals surface area contributed by atoms with Crippen molar-refractivity contribution in [2.75, 3.05) is 6.61 Å². The van der Waals surface area contributed by atoms with Gasteiger partial charge in [-0.3, -0.25) is 4.79 Å². The van der Waals surface area contributed by atoms with Crippen LogP contribution in [0.4, 0.5) is 0 Å². The fourth-order valence-electron chi connectivity index (χ4n) is 1.58. The quantitative estimate of drug-likeness (QED) is 0.693. The van der Waals surface area contributed by atoms with Gasteiger partial charge in [0.05, 0.1) is 5.56 Å². The topological polar surface area (TPSA) is 46.5 Å². The van der Waals surface area contributed by atoms with Gasteiger partial charge in [-0.15, -0.1) is 0 Å². The molecule has 0 spiro atoms. The van der Waals surface area contributed by atoms with E-state index in [2.05, 4.69) is 27.8 Å². The maximum atomic E-state index is 10.9. The van der Waals surface area contributed by atoms with Gasteiger partial charge < -0.3 is 9.84 Å². The molecule has 0 fully saturated rings. The Kier molecular flexibility index (Phi) is 4.80. The summed E-state index contributed by atoms with van der Waals surface area (Å²) in [5.41, 5.74) is 1.18. The lowest BCUT2D eigenvalue weighted by atomic mass is 10.2. The summed E-state index contributed by atoms with van der Waals surface area (Å²) in [5, 5.41) is 9.30. The Bertz CT molecular complexity index is 684. The number of halogens is 1. The van der Waals surface area contributed by atoms with E-state index in [-0.39, 0.29) is 12.4 Å². The molecule has 0 saturated carbocycles. The molecule has 0 aliphatic carbocycles. The highest BCUT2D eigenvalue weighted by Crippen LogP contribution is 2.21. The standard InChI is InChI=1S/C16H11BrO3/c17-14-6-7-16(13(10-14)11-18)20-8-2-4-12-3-1-5-15(19)9-12/h1,3,5-7,9-11,19H,8H2. The zero-order valence-electron chi connectivity index (χ0n) is 10.5. The molecule has 2 rings (SSSR count). The van der Waals surface area contributed by atoms with E-state index in [9.17, 15) is 9.90 Å². The van der Waals surface area contributed by atoms with Crippen LogP contribution in [0.3, 0.4) is 0 Å². The van der Waals surface area contributed by atoms with E-state index >= 15 is 0 Å². The lowest BCUT2D eigenvalue weighted by molar-refractivity contribution is 0.112. The van der Waals surface area contributed by atoms with Crippen molar-refractivity contribution in [3.63, 3.8) is 0 Å². The minimum atomic E-state index is 0.165. The summed E-state index contributed by atoms with van der Waals surface area (Å²) in [5.74, 6) is 6.37. The Morgan fingerprint density at radius 3 is 2.85 bits per heavy atom. The number of hydrogen-bond donors (Lipinski definition) is 1. The molecule has 0 unspecified atom stereocenters. The Morgan fingerprint density at radius 2 is 2.10 bits per heavy atom. The van der Waals surface area contributed by atoms with Crippen molar-refractivity contribution in [2.45, 2.75) is 0 Å². The molecule has 3 nitrogen and oxygen atoms in total. The van der Waals surface area contributed by atoms with Crippen LogP contribution in [-0.4, -0.2) is 18.0 Å². The van der Waals surface area contributed by atoms with E-state index in [0.717, 1.165) is 10.8 Å². The van der Waals surface area contributed by atoms with Crippen LogP contribution in [0.5, 0.6) is 11.5 Å². The van der Waals surface area contributed by atoms with Crippen molar-refractivity contribution in [3.05, 3.63) is 58.1 Å². The summed E-state index contributed by atoms with van der Waals surface area (Å²) in [6.45, 7) is 0.165. The van der Waals surface area contributed by atoms with Gasteiger partial charge in [-0.1, -0.05) is 33.8 Å². The number of phenolic OH excluding ortho intramolecular Hbond substituents is 1. The zero-order valence-corrected chi connectivity index (χ0v) is 12.1. The molecule has 0 amide bonds. The molecule has 0 bridgehead atoms. The maximum absolute atomic E-state index is 10.9. The highest BCUT2D eigenvalue weighted by Gasteiger charge is 2.02. The summed E-state index contributed by atoms with van der Waals surface area (Å²) in [7, 11) is 0. The number of ether oxygens (including phenoxy) is 1. The fourth-order valence-corrected chi connectivity index (χ4v) is 1.96. The first-order valence-electron chi connectivity index (χ1n) is 5.84. The first-order valence-corrected chi connectivity index (χ1v) is 6.64. The van der Waals surface area contributed by atoms with Gasteiger partial charge in [0.1, 0.15) is 18.1 Å². The third-order valence-corrected chi connectivity index (χ3v) is 2.97. The SMILES string of the molecule is O=Cc1cc(Br)ccc1OCC#Cc1cccc(O)c1. The third kappa shape index (κ3) is 3.87. The normalized spacial score (nSPS) is 9.45. The van der Waals surface area contributed by atoms with E-state index in [1.54, 1.807) is 42.5 Å². The molecule has 0 atom stereocenters. The van der Waals surface area contributed by atoms with Crippen LogP contribution in [0.15, 0.2) is 46.9 Å². The molecule has 0 saturated heterocycles. The summed E-state index contributed by atoms with van der Waals surface area (Å²) in [4.78, 5) is 10.9. The molecule has 100 valence electrons. The molecule has 2 aromatic carbocycles. The summed E-state index contributed by atoms with van der Waals surface area (Å²) < 4.78 is 6.26.